The number of hydrogen-bond donors (Lipinski definition) is 2. The fraction of sp³-hybridized carbons (Fsp3) is 0.190. The molecule has 0 amide bonds. The molecule has 0 heterocycles. The van der Waals surface area contributed by atoms with E-state index < -0.39 is 0 Å². The van der Waals surface area contributed by atoms with Gasteiger partial charge in [0.1, 0.15) is 11.6 Å². The van der Waals surface area contributed by atoms with E-state index in [9.17, 15) is 4.39 Å². The molecule has 0 aliphatic heterocycles. The van der Waals surface area contributed by atoms with Gasteiger partial charge >= 0.3 is 0 Å². The Bertz CT molecular complexity index is 930. The van der Waals surface area contributed by atoms with E-state index in [-0.39, 0.29) is 29.8 Å². The van der Waals surface area contributed by atoms with Crippen molar-refractivity contribution < 1.29 is 9.13 Å². The molecule has 0 aromatic heterocycles. The Morgan fingerprint density at radius 1 is 0.963 bits per heavy atom. The highest BCUT2D eigenvalue weighted by Crippen LogP contribution is 2.21. The lowest BCUT2D eigenvalue weighted by molar-refractivity contribution is 0.415. The SMILES string of the molecule is CN=C(NCc1ccc2cc(OC)ccc2c1)NCc1ccccc1F.I. The standard InChI is InChI=1S/C21H22FN3O.HI/c1-23-21(25-14-18-5-3-4-6-20(18)22)24-13-15-7-8-17-12-19(26-2)10-9-16(17)11-15;/h3-12H,13-14H2,1-2H3,(H2,23,24,25);1H. The van der Waals surface area contributed by atoms with Crippen LogP contribution in [0.25, 0.3) is 10.8 Å². The third kappa shape index (κ3) is 5.56. The Labute approximate surface area is 175 Å². The number of hydrogen-bond acceptors (Lipinski definition) is 2. The van der Waals surface area contributed by atoms with Crippen molar-refractivity contribution >= 4 is 40.7 Å². The minimum absolute atomic E-state index is 0. The highest BCUT2D eigenvalue weighted by molar-refractivity contribution is 14.0. The van der Waals surface area contributed by atoms with Crippen LogP contribution in [0.3, 0.4) is 0 Å². The lowest BCUT2D eigenvalue weighted by atomic mass is 10.1. The van der Waals surface area contributed by atoms with Gasteiger partial charge < -0.3 is 15.4 Å². The van der Waals surface area contributed by atoms with E-state index in [1.54, 1.807) is 26.3 Å². The molecule has 2 N–H and O–H groups in total. The zero-order valence-corrected chi connectivity index (χ0v) is 17.7. The van der Waals surface area contributed by atoms with E-state index in [0.717, 1.165) is 22.1 Å². The van der Waals surface area contributed by atoms with Gasteiger partial charge in [-0.1, -0.05) is 36.4 Å². The van der Waals surface area contributed by atoms with Gasteiger partial charge in [-0.3, -0.25) is 4.99 Å². The van der Waals surface area contributed by atoms with Crippen LogP contribution in [-0.4, -0.2) is 20.1 Å². The van der Waals surface area contributed by atoms with Crippen LogP contribution in [0.15, 0.2) is 65.7 Å². The fourth-order valence-electron chi connectivity index (χ4n) is 2.74. The second-order valence-corrected chi connectivity index (χ2v) is 5.92. The first-order chi connectivity index (χ1) is 12.7. The number of nitrogens with zero attached hydrogens (tertiary/aromatic N) is 1. The molecule has 3 aromatic carbocycles. The molecule has 0 radical (unpaired) electrons. The maximum absolute atomic E-state index is 13.7. The summed E-state index contributed by atoms with van der Waals surface area (Å²) in [6, 6.07) is 19.0. The fourth-order valence-corrected chi connectivity index (χ4v) is 2.74. The quantitative estimate of drug-likeness (QED) is 0.323. The number of benzene rings is 3. The highest BCUT2D eigenvalue weighted by Gasteiger charge is 2.04. The van der Waals surface area contributed by atoms with Gasteiger partial charge in [0.25, 0.3) is 0 Å². The lowest BCUT2D eigenvalue weighted by Gasteiger charge is -2.13. The van der Waals surface area contributed by atoms with Crippen molar-refractivity contribution in [1.29, 1.82) is 0 Å². The van der Waals surface area contributed by atoms with Crippen LogP contribution in [0.1, 0.15) is 11.1 Å². The van der Waals surface area contributed by atoms with Gasteiger partial charge in [-0.2, -0.15) is 0 Å². The number of ether oxygens (including phenoxy) is 1. The van der Waals surface area contributed by atoms with E-state index in [0.29, 0.717) is 24.6 Å². The molecular weight excluding hydrogens is 456 g/mol. The molecule has 0 fully saturated rings. The smallest absolute Gasteiger partial charge is 0.191 e. The summed E-state index contributed by atoms with van der Waals surface area (Å²) in [5, 5.41) is 8.67. The molecular formula is C21H23FIN3O. The number of rotatable bonds is 5. The van der Waals surface area contributed by atoms with Crippen molar-refractivity contribution in [2.24, 2.45) is 4.99 Å². The van der Waals surface area contributed by atoms with Gasteiger partial charge in [0.05, 0.1) is 7.11 Å². The van der Waals surface area contributed by atoms with Gasteiger partial charge in [0, 0.05) is 25.7 Å². The Morgan fingerprint density at radius 2 is 1.67 bits per heavy atom. The van der Waals surface area contributed by atoms with Crippen molar-refractivity contribution in [1.82, 2.24) is 10.6 Å². The number of fused-ring (bicyclic) bond motifs is 1. The summed E-state index contributed by atoms with van der Waals surface area (Å²) in [4.78, 5) is 4.19. The molecule has 0 unspecified atom stereocenters. The molecule has 0 bridgehead atoms. The normalized spacial score (nSPS) is 11.0. The summed E-state index contributed by atoms with van der Waals surface area (Å²) in [6.07, 6.45) is 0. The van der Waals surface area contributed by atoms with Crippen LogP contribution < -0.4 is 15.4 Å². The molecule has 0 atom stereocenters. The van der Waals surface area contributed by atoms with Crippen LogP contribution in [-0.2, 0) is 13.1 Å². The zero-order chi connectivity index (χ0) is 18.4. The molecule has 0 aliphatic rings. The lowest BCUT2D eigenvalue weighted by Crippen LogP contribution is -2.36. The second-order valence-electron chi connectivity index (χ2n) is 5.92. The maximum Gasteiger partial charge on any atom is 0.191 e. The van der Waals surface area contributed by atoms with Gasteiger partial charge in [-0.05, 0) is 40.6 Å². The topological polar surface area (TPSA) is 45.7 Å². The average molecular weight is 479 g/mol. The van der Waals surface area contributed by atoms with Crippen molar-refractivity contribution in [2.75, 3.05) is 14.2 Å². The molecule has 0 spiro atoms. The number of guanidine groups is 1. The average Bonchev–Trinajstić information content (AvgIpc) is 2.68. The summed E-state index contributed by atoms with van der Waals surface area (Å²) in [7, 11) is 3.36. The summed E-state index contributed by atoms with van der Waals surface area (Å²) < 4.78 is 18.9. The number of aliphatic imine (C=N–C) groups is 1. The van der Waals surface area contributed by atoms with Crippen LogP contribution in [0.2, 0.25) is 0 Å². The predicted molar refractivity (Wildman–Crippen MR) is 119 cm³/mol. The Balaban J connectivity index is 0.00000261. The molecule has 0 saturated carbocycles. The summed E-state index contributed by atoms with van der Waals surface area (Å²) in [5.74, 6) is 1.25. The Hall–Kier alpha value is -2.35. The van der Waals surface area contributed by atoms with E-state index in [2.05, 4.69) is 33.8 Å². The number of halogens is 2. The molecule has 3 rings (SSSR count). The first-order valence-electron chi connectivity index (χ1n) is 8.44. The summed E-state index contributed by atoms with van der Waals surface area (Å²) in [6.45, 7) is 1.00. The minimum atomic E-state index is -0.222. The molecule has 6 heteroatoms. The monoisotopic (exact) mass is 479 g/mol. The van der Waals surface area contributed by atoms with Crippen LogP contribution >= 0.6 is 24.0 Å². The number of nitrogens with one attached hydrogen (secondary N) is 2. The van der Waals surface area contributed by atoms with Crippen LogP contribution in [0.4, 0.5) is 4.39 Å². The largest absolute Gasteiger partial charge is 0.497 e. The molecule has 0 saturated heterocycles. The maximum atomic E-state index is 13.7. The van der Waals surface area contributed by atoms with Crippen LogP contribution in [0, 0.1) is 5.82 Å². The van der Waals surface area contributed by atoms with Gasteiger partial charge in [0.15, 0.2) is 5.96 Å². The van der Waals surface area contributed by atoms with E-state index in [4.69, 9.17) is 4.74 Å². The zero-order valence-electron chi connectivity index (χ0n) is 15.3. The van der Waals surface area contributed by atoms with Gasteiger partial charge in [-0.25, -0.2) is 4.39 Å². The van der Waals surface area contributed by atoms with Crippen molar-refractivity contribution in [3.8, 4) is 5.75 Å². The van der Waals surface area contributed by atoms with E-state index in [1.165, 1.54) is 6.07 Å². The van der Waals surface area contributed by atoms with E-state index in [1.807, 2.05) is 24.3 Å². The van der Waals surface area contributed by atoms with Crippen molar-refractivity contribution in [2.45, 2.75) is 13.1 Å². The Kier molecular flexibility index (Phi) is 7.84. The predicted octanol–water partition coefficient (Wildman–Crippen LogP) is 4.47. The molecule has 3 aromatic rings. The van der Waals surface area contributed by atoms with Gasteiger partial charge in [-0.15, -0.1) is 24.0 Å². The third-order valence-corrected chi connectivity index (χ3v) is 4.20. The van der Waals surface area contributed by atoms with Crippen molar-refractivity contribution in [3.05, 3.63) is 77.6 Å². The first kappa shape index (κ1) is 21.0. The Morgan fingerprint density at radius 3 is 2.41 bits per heavy atom. The summed E-state index contributed by atoms with van der Waals surface area (Å²) >= 11 is 0. The highest BCUT2D eigenvalue weighted by atomic mass is 127. The minimum Gasteiger partial charge on any atom is -0.497 e. The molecule has 0 aliphatic carbocycles. The van der Waals surface area contributed by atoms with Crippen LogP contribution in [0.5, 0.6) is 5.75 Å². The molecule has 142 valence electrons. The molecule has 4 nitrogen and oxygen atoms in total. The summed E-state index contributed by atoms with van der Waals surface area (Å²) in [5.41, 5.74) is 1.74. The third-order valence-electron chi connectivity index (χ3n) is 4.20. The van der Waals surface area contributed by atoms with E-state index >= 15 is 0 Å². The second kappa shape index (κ2) is 10.1. The van der Waals surface area contributed by atoms with Crippen molar-refractivity contribution in [3.63, 3.8) is 0 Å². The molecule has 27 heavy (non-hydrogen) atoms. The van der Waals surface area contributed by atoms with Gasteiger partial charge in [0.2, 0.25) is 0 Å². The number of methoxy groups -OCH3 is 1. The first-order valence-corrected chi connectivity index (χ1v) is 8.44.